The van der Waals surface area contributed by atoms with Gasteiger partial charge in [-0.3, -0.25) is 19.8 Å². The van der Waals surface area contributed by atoms with Gasteiger partial charge in [-0.25, -0.2) is 4.79 Å². The minimum Gasteiger partial charge on any atom is -0.493 e. The van der Waals surface area contributed by atoms with Crippen LogP contribution >= 0.6 is 11.8 Å². The van der Waals surface area contributed by atoms with Gasteiger partial charge in [-0.2, -0.15) is 0 Å². The number of benzene rings is 2. The number of ether oxygens (including phenoxy) is 4. The summed E-state index contributed by atoms with van der Waals surface area (Å²) in [5, 5.41) is 10.7. The summed E-state index contributed by atoms with van der Waals surface area (Å²) in [6.45, 7) is 8.05. The fourth-order valence-electron chi connectivity index (χ4n) is 4.33. The molecule has 0 N–H and O–H groups in total. The summed E-state index contributed by atoms with van der Waals surface area (Å²) >= 11 is 1.48. The van der Waals surface area contributed by atoms with Crippen molar-refractivity contribution < 1.29 is 33.5 Å². The molecule has 2 aliphatic heterocycles. The molecule has 0 aliphatic carbocycles. The van der Waals surface area contributed by atoms with Crippen LogP contribution in [-0.4, -0.2) is 47.4 Å². The summed E-state index contributed by atoms with van der Waals surface area (Å²) in [4.78, 5) is 38.0. The Morgan fingerprint density at radius 2 is 1.90 bits per heavy atom. The third-order valence-electron chi connectivity index (χ3n) is 6.34. The molecule has 0 unspecified atom stereocenters. The van der Waals surface area contributed by atoms with E-state index in [9.17, 15) is 19.7 Å². The van der Waals surface area contributed by atoms with Crippen LogP contribution in [0.2, 0.25) is 0 Å². The largest absolute Gasteiger partial charge is 0.493 e. The summed E-state index contributed by atoms with van der Waals surface area (Å²) in [5.74, 6) is 0.918. The van der Waals surface area contributed by atoms with Crippen molar-refractivity contribution in [1.29, 1.82) is 0 Å². The average molecular weight is 567 g/mol. The third-order valence-corrected chi connectivity index (χ3v) is 7.66. The molecule has 210 valence electrons. The Morgan fingerprint density at radius 3 is 2.55 bits per heavy atom. The van der Waals surface area contributed by atoms with Crippen molar-refractivity contribution >= 4 is 29.3 Å². The zero-order valence-corrected chi connectivity index (χ0v) is 23.2. The monoisotopic (exact) mass is 566 g/mol. The van der Waals surface area contributed by atoms with Crippen molar-refractivity contribution in [2.75, 3.05) is 20.3 Å². The number of rotatable bonds is 13. The zero-order valence-electron chi connectivity index (χ0n) is 22.4. The minimum absolute atomic E-state index is 0.00524. The van der Waals surface area contributed by atoms with Crippen LogP contribution in [0.25, 0.3) is 0 Å². The molecule has 4 rings (SSSR count). The molecule has 2 aliphatic rings. The lowest BCUT2D eigenvalue weighted by Crippen LogP contribution is -2.59. The van der Waals surface area contributed by atoms with Gasteiger partial charge in [0.2, 0.25) is 5.91 Å². The molecular weight excluding hydrogens is 536 g/mol. The lowest BCUT2D eigenvalue weighted by atomic mass is 9.86. The Labute approximate surface area is 236 Å². The van der Waals surface area contributed by atoms with Gasteiger partial charge in [0.25, 0.3) is 5.69 Å². The SMILES string of the molecule is C=CCOC(=O)C1=C(/C=C/COc2ccc(COc3ccc([N+](=O)[O-])cc3)cc2OC)S[C@@H]2[C@@H](C(C)C)C(=O)N12. The standard InChI is InChI=1S/C29H30N2O8S/c1-5-14-38-29(33)26-24(40-28-25(18(2)3)27(32)30(26)28)7-6-15-37-22-13-8-19(16-23(22)36-4)17-39-21-11-9-20(10-12-21)31(34)35/h5-13,16,18,25,28H,1,14-15,17H2,2-4H3/b7-6+/t25-,28+/m0/s1. The van der Waals surface area contributed by atoms with E-state index in [0.29, 0.717) is 22.2 Å². The first-order valence-electron chi connectivity index (χ1n) is 12.6. The van der Waals surface area contributed by atoms with E-state index in [4.69, 9.17) is 18.9 Å². The van der Waals surface area contributed by atoms with Crippen molar-refractivity contribution in [1.82, 2.24) is 4.90 Å². The summed E-state index contributed by atoms with van der Waals surface area (Å²) in [6.07, 6.45) is 5.03. The number of nitrogens with zero attached hydrogens (tertiary/aromatic N) is 2. The Bertz CT molecular complexity index is 1350. The molecule has 2 aromatic carbocycles. The molecule has 0 radical (unpaired) electrons. The van der Waals surface area contributed by atoms with Crippen molar-refractivity contribution in [3.05, 3.63) is 93.6 Å². The van der Waals surface area contributed by atoms with E-state index in [0.717, 1.165) is 5.56 Å². The molecule has 0 aromatic heterocycles. The Balaban J connectivity index is 1.39. The first-order chi connectivity index (χ1) is 19.2. The van der Waals surface area contributed by atoms with E-state index < -0.39 is 10.9 Å². The van der Waals surface area contributed by atoms with Gasteiger partial charge in [-0.15, -0.1) is 0 Å². The highest BCUT2D eigenvalue weighted by atomic mass is 32.2. The van der Waals surface area contributed by atoms with E-state index in [-0.39, 0.29) is 54.3 Å². The molecule has 1 fully saturated rings. The summed E-state index contributed by atoms with van der Waals surface area (Å²) in [6, 6.07) is 11.2. The first kappa shape index (κ1) is 28.8. The number of hydrogen-bond acceptors (Lipinski definition) is 9. The number of esters is 1. The van der Waals surface area contributed by atoms with E-state index in [1.54, 1.807) is 36.4 Å². The normalized spacial score (nSPS) is 18.0. The van der Waals surface area contributed by atoms with Crippen LogP contribution in [0.4, 0.5) is 5.69 Å². The van der Waals surface area contributed by atoms with Crippen molar-refractivity contribution in [2.45, 2.75) is 25.8 Å². The number of methoxy groups -OCH3 is 1. The number of carbonyl (C=O) groups excluding carboxylic acids is 2. The highest BCUT2D eigenvalue weighted by Gasteiger charge is 2.56. The lowest BCUT2D eigenvalue weighted by Gasteiger charge is -2.44. The third kappa shape index (κ3) is 6.15. The van der Waals surface area contributed by atoms with Gasteiger partial charge in [0, 0.05) is 17.0 Å². The van der Waals surface area contributed by atoms with Gasteiger partial charge in [0.15, 0.2) is 11.5 Å². The molecular formula is C29H30N2O8S. The molecule has 2 heterocycles. The number of non-ortho nitro benzene ring substituents is 1. The lowest BCUT2D eigenvalue weighted by molar-refractivity contribution is -0.384. The van der Waals surface area contributed by atoms with Crippen LogP contribution in [0, 0.1) is 22.0 Å². The fraction of sp³-hybridized carbons (Fsp3) is 0.310. The molecule has 10 nitrogen and oxygen atoms in total. The number of fused-ring (bicyclic) bond motifs is 1. The number of allylic oxidation sites excluding steroid dienone is 1. The quantitative estimate of drug-likeness (QED) is 0.105. The summed E-state index contributed by atoms with van der Waals surface area (Å²) < 4.78 is 22.3. The Morgan fingerprint density at radius 1 is 1.15 bits per heavy atom. The number of β-lactam (4-membered cyclic amide) rings is 1. The molecule has 40 heavy (non-hydrogen) atoms. The van der Waals surface area contributed by atoms with Gasteiger partial charge in [-0.1, -0.05) is 44.3 Å². The molecule has 11 heteroatoms. The zero-order chi connectivity index (χ0) is 28.8. The van der Waals surface area contributed by atoms with E-state index in [1.807, 2.05) is 19.9 Å². The fourth-order valence-corrected chi connectivity index (χ4v) is 5.95. The van der Waals surface area contributed by atoms with Gasteiger partial charge in [-0.05, 0) is 47.9 Å². The molecule has 1 saturated heterocycles. The number of amides is 1. The number of thioether (sulfide) groups is 1. The molecule has 0 saturated carbocycles. The van der Waals surface area contributed by atoms with E-state index in [1.165, 1.54) is 42.0 Å². The second-order valence-electron chi connectivity index (χ2n) is 9.32. The van der Waals surface area contributed by atoms with E-state index in [2.05, 4.69) is 6.58 Å². The number of nitro benzene ring substituents is 1. The van der Waals surface area contributed by atoms with Crippen LogP contribution in [0.3, 0.4) is 0 Å². The maximum atomic E-state index is 12.8. The number of carbonyl (C=O) groups is 2. The smallest absolute Gasteiger partial charge is 0.356 e. The number of hydrogen-bond donors (Lipinski definition) is 0. The van der Waals surface area contributed by atoms with Crippen LogP contribution in [-0.2, 0) is 20.9 Å². The summed E-state index contributed by atoms with van der Waals surface area (Å²) in [5.41, 5.74) is 1.07. The maximum absolute atomic E-state index is 12.8. The topological polar surface area (TPSA) is 117 Å². The van der Waals surface area contributed by atoms with Crippen LogP contribution in [0.5, 0.6) is 17.2 Å². The highest BCUT2D eigenvalue weighted by molar-refractivity contribution is 8.04. The van der Waals surface area contributed by atoms with Crippen LogP contribution in [0.1, 0.15) is 19.4 Å². The predicted molar refractivity (Wildman–Crippen MR) is 150 cm³/mol. The van der Waals surface area contributed by atoms with Crippen molar-refractivity contribution in [3.63, 3.8) is 0 Å². The van der Waals surface area contributed by atoms with E-state index >= 15 is 0 Å². The second kappa shape index (κ2) is 12.7. The van der Waals surface area contributed by atoms with Crippen molar-refractivity contribution in [3.8, 4) is 17.2 Å². The maximum Gasteiger partial charge on any atom is 0.356 e. The molecule has 0 spiro atoms. The predicted octanol–water partition coefficient (Wildman–Crippen LogP) is 5.25. The van der Waals surface area contributed by atoms with Gasteiger partial charge in [0.05, 0.1) is 23.3 Å². The van der Waals surface area contributed by atoms with Gasteiger partial charge >= 0.3 is 5.97 Å². The minimum atomic E-state index is -0.556. The first-order valence-corrected chi connectivity index (χ1v) is 13.5. The van der Waals surface area contributed by atoms with Gasteiger partial charge < -0.3 is 18.9 Å². The second-order valence-corrected chi connectivity index (χ2v) is 10.5. The Hall–Kier alpha value is -4.25. The average Bonchev–Trinajstić information content (AvgIpc) is 3.27. The van der Waals surface area contributed by atoms with Crippen molar-refractivity contribution in [2.24, 2.45) is 11.8 Å². The molecule has 0 bridgehead atoms. The summed E-state index contributed by atoms with van der Waals surface area (Å²) in [7, 11) is 1.53. The van der Waals surface area contributed by atoms with Crippen LogP contribution < -0.4 is 14.2 Å². The molecule has 2 aromatic rings. The van der Waals surface area contributed by atoms with Gasteiger partial charge in [0.1, 0.15) is 31.3 Å². The van der Waals surface area contributed by atoms with Crippen LogP contribution in [0.15, 0.2) is 77.9 Å². The Kier molecular flexibility index (Phi) is 9.15. The molecule has 2 atom stereocenters. The number of nitro groups is 1. The molecule has 1 amide bonds. The highest BCUT2D eigenvalue weighted by Crippen LogP contribution is 2.52.